The minimum atomic E-state index is -2.98. The van der Waals surface area contributed by atoms with E-state index in [2.05, 4.69) is 6.92 Å². The van der Waals surface area contributed by atoms with Gasteiger partial charge in [-0.15, -0.1) is 0 Å². The maximum Gasteiger partial charge on any atom is 0.231 e. The van der Waals surface area contributed by atoms with Gasteiger partial charge in [0.15, 0.2) is 15.6 Å². The first-order valence-electron chi connectivity index (χ1n) is 10.2. The van der Waals surface area contributed by atoms with Gasteiger partial charge in [0.25, 0.3) is 0 Å². The summed E-state index contributed by atoms with van der Waals surface area (Å²) in [6.45, 7) is 2.94. The molecule has 5 rings (SSSR count). The van der Waals surface area contributed by atoms with Crippen LogP contribution in [-0.2, 0) is 22.8 Å². The van der Waals surface area contributed by atoms with E-state index in [0.717, 1.165) is 17.5 Å². The number of nitrogens with zero attached hydrogens (tertiary/aromatic N) is 1. The van der Waals surface area contributed by atoms with Crippen LogP contribution >= 0.6 is 0 Å². The highest BCUT2D eigenvalue weighted by molar-refractivity contribution is 7.91. The first-order chi connectivity index (χ1) is 14.4. The molecular formula is C23H23NO5S. The average molecular weight is 426 g/mol. The number of aryl methyl sites for hydroxylation is 1. The zero-order valence-electron chi connectivity index (χ0n) is 16.8. The molecule has 6 nitrogen and oxygen atoms in total. The number of carbonyl (C=O) groups is 1. The van der Waals surface area contributed by atoms with Crippen LogP contribution in [0.25, 0.3) is 6.08 Å². The highest BCUT2D eigenvalue weighted by Crippen LogP contribution is 2.42. The third-order valence-corrected chi connectivity index (χ3v) is 7.81. The van der Waals surface area contributed by atoms with Gasteiger partial charge in [0, 0.05) is 12.6 Å². The van der Waals surface area contributed by atoms with Crippen LogP contribution in [0.2, 0.25) is 0 Å². The molecule has 3 heterocycles. The number of benzene rings is 2. The molecule has 3 aliphatic rings. The number of ketones is 1. The zero-order valence-corrected chi connectivity index (χ0v) is 17.6. The van der Waals surface area contributed by atoms with E-state index in [4.69, 9.17) is 9.47 Å². The van der Waals surface area contributed by atoms with Crippen molar-refractivity contribution in [3.63, 3.8) is 0 Å². The molecule has 0 spiro atoms. The van der Waals surface area contributed by atoms with E-state index in [9.17, 15) is 13.2 Å². The van der Waals surface area contributed by atoms with Crippen molar-refractivity contribution in [3.8, 4) is 11.5 Å². The van der Waals surface area contributed by atoms with E-state index in [-0.39, 0.29) is 23.3 Å². The van der Waals surface area contributed by atoms with Crippen molar-refractivity contribution in [1.82, 2.24) is 4.90 Å². The van der Waals surface area contributed by atoms with E-state index >= 15 is 0 Å². The maximum atomic E-state index is 12.9. The first-order valence-corrected chi connectivity index (χ1v) is 12.0. The van der Waals surface area contributed by atoms with Crippen molar-refractivity contribution in [3.05, 3.63) is 64.4 Å². The Morgan fingerprint density at radius 3 is 2.67 bits per heavy atom. The molecule has 1 atom stereocenters. The van der Waals surface area contributed by atoms with Crippen molar-refractivity contribution in [1.29, 1.82) is 0 Å². The number of hydrogen-bond donors (Lipinski definition) is 0. The van der Waals surface area contributed by atoms with Gasteiger partial charge in [-0.1, -0.05) is 31.2 Å². The van der Waals surface area contributed by atoms with Gasteiger partial charge in [-0.2, -0.15) is 0 Å². The van der Waals surface area contributed by atoms with Crippen molar-refractivity contribution >= 4 is 21.7 Å². The summed E-state index contributed by atoms with van der Waals surface area (Å²) in [6.07, 6.45) is 3.33. The van der Waals surface area contributed by atoms with Gasteiger partial charge in [0.2, 0.25) is 5.78 Å². The van der Waals surface area contributed by atoms with Crippen molar-refractivity contribution in [2.24, 2.45) is 0 Å². The van der Waals surface area contributed by atoms with Gasteiger partial charge < -0.3 is 9.47 Å². The fourth-order valence-corrected chi connectivity index (χ4v) is 6.04. The topological polar surface area (TPSA) is 72.9 Å². The first kappa shape index (κ1) is 19.3. The summed E-state index contributed by atoms with van der Waals surface area (Å²) in [5, 5.41) is 0. The molecule has 0 unspecified atom stereocenters. The van der Waals surface area contributed by atoms with E-state index in [1.54, 1.807) is 18.2 Å². The molecule has 156 valence electrons. The Kier molecular flexibility index (Phi) is 4.67. The summed E-state index contributed by atoms with van der Waals surface area (Å²) in [4.78, 5) is 14.9. The SMILES string of the molecule is CCc1ccc(/C=C2\Oc3c(ccc4c3CN([C@@H]3CCS(=O)(=O)C3)CO4)C2=O)cc1. The van der Waals surface area contributed by atoms with Crippen molar-refractivity contribution in [2.75, 3.05) is 18.2 Å². The number of ether oxygens (including phenoxy) is 2. The summed E-state index contributed by atoms with van der Waals surface area (Å²) in [6, 6.07) is 11.5. The average Bonchev–Trinajstić information content (AvgIpc) is 3.27. The summed E-state index contributed by atoms with van der Waals surface area (Å²) >= 11 is 0. The quantitative estimate of drug-likeness (QED) is 0.704. The van der Waals surface area contributed by atoms with Gasteiger partial charge in [0.1, 0.15) is 18.2 Å². The Balaban J connectivity index is 1.43. The Labute approximate surface area is 176 Å². The molecule has 0 amide bonds. The number of Topliss-reactive ketones (excluding diaryl/α,β-unsaturated/α-hetero) is 1. The molecular weight excluding hydrogens is 402 g/mol. The summed E-state index contributed by atoms with van der Waals surface area (Å²) in [5.74, 6) is 1.73. The fraction of sp³-hybridized carbons (Fsp3) is 0.348. The predicted molar refractivity (Wildman–Crippen MR) is 113 cm³/mol. The van der Waals surface area contributed by atoms with Crippen LogP contribution in [-0.4, -0.2) is 43.4 Å². The third-order valence-electron chi connectivity index (χ3n) is 6.06. The lowest BCUT2D eigenvalue weighted by Gasteiger charge is -2.33. The Hall–Kier alpha value is -2.64. The van der Waals surface area contributed by atoms with Crippen LogP contribution < -0.4 is 9.47 Å². The predicted octanol–water partition coefficient (Wildman–Crippen LogP) is 3.20. The van der Waals surface area contributed by atoms with Gasteiger partial charge in [0.05, 0.1) is 22.6 Å². The fourth-order valence-electron chi connectivity index (χ4n) is 4.27. The minimum Gasteiger partial charge on any atom is -0.478 e. The molecule has 0 bridgehead atoms. The summed E-state index contributed by atoms with van der Waals surface area (Å²) < 4.78 is 35.6. The highest BCUT2D eigenvalue weighted by Gasteiger charge is 2.38. The molecule has 3 aliphatic heterocycles. The summed E-state index contributed by atoms with van der Waals surface area (Å²) in [7, 11) is -2.98. The van der Waals surface area contributed by atoms with Crippen LogP contribution in [0.15, 0.2) is 42.2 Å². The number of sulfone groups is 1. The van der Waals surface area contributed by atoms with Crippen LogP contribution in [0, 0.1) is 0 Å². The van der Waals surface area contributed by atoms with Crippen LogP contribution in [0.1, 0.15) is 40.4 Å². The Bertz CT molecular complexity index is 1150. The van der Waals surface area contributed by atoms with E-state index in [0.29, 0.717) is 42.5 Å². The maximum absolute atomic E-state index is 12.9. The summed E-state index contributed by atoms with van der Waals surface area (Å²) in [5.41, 5.74) is 3.47. The Morgan fingerprint density at radius 1 is 1.17 bits per heavy atom. The number of rotatable bonds is 3. The molecule has 0 aromatic heterocycles. The third kappa shape index (κ3) is 3.42. The molecule has 0 aliphatic carbocycles. The van der Waals surface area contributed by atoms with Crippen LogP contribution in [0.5, 0.6) is 11.5 Å². The molecule has 0 saturated carbocycles. The van der Waals surface area contributed by atoms with Gasteiger partial charge in [-0.25, -0.2) is 8.42 Å². The monoisotopic (exact) mass is 425 g/mol. The van der Waals surface area contributed by atoms with E-state index < -0.39 is 9.84 Å². The molecule has 7 heteroatoms. The van der Waals surface area contributed by atoms with Crippen molar-refractivity contribution < 1.29 is 22.7 Å². The second-order valence-corrected chi connectivity index (χ2v) is 10.3. The van der Waals surface area contributed by atoms with Gasteiger partial charge in [-0.3, -0.25) is 9.69 Å². The molecule has 1 saturated heterocycles. The lowest BCUT2D eigenvalue weighted by molar-refractivity contribution is 0.0634. The number of allylic oxidation sites excluding steroid dienone is 1. The number of carbonyl (C=O) groups excluding carboxylic acids is 1. The second kappa shape index (κ2) is 7.25. The minimum absolute atomic E-state index is 0.0665. The van der Waals surface area contributed by atoms with E-state index in [1.807, 2.05) is 29.2 Å². The second-order valence-electron chi connectivity index (χ2n) is 8.03. The number of hydrogen-bond acceptors (Lipinski definition) is 6. The van der Waals surface area contributed by atoms with Crippen LogP contribution in [0.4, 0.5) is 0 Å². The largest absolute Gasteiger partial charge is 0.478 e. The van der Waals surface area contributed by atoms with Gasteiger partial charge in [-0.05, 0) is 42.2 Å². The Morgan fingerprint density at radius 2 is 1.97 bits per heavy atom. The molecule has 2 aromatic rings. The van der Waals surface area contributed by atoms with E-state index in [1.165, 1.54) is 5.56 Å². The molecule has 30 heavy (non-hydrogen) atoms. The lowest BCUT2D eigenvalue weighted by Crippen LogP contribution is -2.41. The highest BCUT2D eigenvalue weighted by atomic mass is 32.2. The van der Waals surface area contributed by atoms with Crippen molar-refractivity contribution in [2.45, 2.75) is 32.4 Å². The lowest BCUT2D eigenvalue weighted by atomic mass is 10.0. The van der Waals surface area contributed by atoms with Gasteiger partial charge >= 0.3 is 0 Å². The zero-order chi connectivity index (χ0) is 20.9. The standard InChI is InChI=1S/C23H23NO5S/c1-2-15-3-5-16(6-4-15)11-21-22(25)18-7-8-20-19(23(18)29-21)12-24(14-28-20)17-9-10-30(26,27)13-17/h3-8,11,17H,2,9-10,12-14H2,1H3/b21-11-/t17-/m1/s1. The smallest absolute Gasteiger partial charge is 0.231 e. The molecule has 2 aromatic carbocycles. The number of fused-ring (bicyclic) bond motifs is 3. The normalized spacial score (nSPS) is 23.7. The molecule has 0 N–H and O–H groups in total. The molecule has 0 radical (unpaired) electrons. The van der Waals surface area contributed by atoms with Crippen LogP contribution in [0.3, 0.4) is 0 Å². The molecule has 1 fully saturated rings.